The van der Waals surface area contributed by atoms with E-state index in [0.29, 0.717) is 5.75 Å². The number of hydrogen-bond acceptors (Lipinski definition) is 7. The average molecular weight is 388 g/mol. The lowest BCUT2D eigenvalue weighted by Crippen LogP contribution is -2.44. The van der Waals surface area contributed by atoms with Crippen LogP contribution in [0.1, 0.15) is 28.3 Å². The maximum Gasteiger partial charge on any atom is 0.276 e. The number of hydrogen-bond donors (Lipinski definition) is 1. The van der Waals surface area contributed by atoms with Crippen LogP contribution in [-0.2, 0) is 11.4 Å². The molecule has 1 atom stereocenters. The molecule has 8 nitrogen and oxygen atoms in total. The van der Waals surface area contributed by atoms with E-state index in [9.17, 15) is 9.59 Å². The number of carbonyl (C=O) groups is 2. The van der Waals surface area contributed by atoms with E-state index in [1.54, 1.807) is 18.3 Å². The van der Waals surface area contributed by atoms with Crippen molar-refractivity contribution in [1.29, 1.82) is 0 Å². The molecule has 0 bridgehead atoms. The van der Waals surface area contributed by atoms with E-state index < -0.39 is 11.9 Å². The van der Waals surface area contributed by atoms with Gasteiger partial charge in [0, 0.05) is 20.2 Å². The predicted octanol–water partition coefficient (Wildman–Crippen LogP) is 2.38. The molecule has 1 unspecified atom stereocenters. The minimum Gasteiger partial charge on any atom is -0.484 e. The Kier molecular flexibility index (Phi) is 5.41. The molecule has 2 aromatic heterocycles. The van der Waals surface area contributed by atoms with Crippen molar-refractivity contribution in [2.75, 3.05) is 14.1 Å². The van der Waals surface area contributed by atoms with Gasteiger partial charge in [0.25, 0.3) is 5.91 Å². The second-order valence-electron chi connectivity index (χ2n) is 5.98. The van der Waals surface area contributed by atoms with Crippen LogP contribution in [0, 0.1) is 6.92 Å². The van der Waals surface area contributed by atoms with E-state index in [1.165, 1.54) is 25.3 Å². The fraction of sp³-hybridized carbons (Fsp3) is 0.333. The zero-order valence-corrected chi connectivity index (χ0v) is 16.3. The monoisotopic (exact) mass is 388 g/mol. The van der Waals surface area contributed by atoms with Gasteiger partial charge in [-0.25, -0.2) is 9.97 Å². The number of nitrogens with one attached hydrogen (secondary N) is 1. The molecule has 27 heavy (non-hydrogen) atoms. The normalized spacial score (nSPS) is 12.0. The fourth-order valence-electron chi connectivity index (χ4n) is 2.47. The molecule has 0 spiro atoms. The average Bonchev–Trinajstić information content (AvgIpc) is 3.28. The molecule has 0 saturated carbocycles. The maximum atomic E-state index is 12.4. The first kappa shape index (κ1) is 18.8. The predicted molar refractivity (Wildman–Crippen MR) is 101 cm³/mol. The number of thiazole rings is 1. The van der Waals surface area contributed by atoms with Crippen molar-refractivity contribution in [2.24, 2.45) is 0 Å². The Morgan fingerprint density at radius 3 is 2.89 bits per heavy atom. The van der Waals surface area contributed by atoms with Gasteiger partial charge in [-0.2, -0.15) is 0 Å². The third-order valence-electron chi connectivity index (χ3n) is 4.13. The summed E-state index contributed by atoms with van der Waals surface area (Å²) in [4.78, 5) is 34.0. The van der Waals surface area contributed by atoms with E-state index in [4.69, 9.17) is 9.15 Å². The van der Waals surface area contributed by atoms with Crippen molar-refractivity contribution in [3.8, 4) is 5.75 Å². The number of ether oxygens (including phenoxy) is 1. The lowest BCUT2D eigenvalue weighted by atomic mass is 10.2. The van der Waals surface area contributed by atoms with Crippen molar-refractivity contribution in [3.63, 3.8) is 0 Å². The van der Waals surface area contributed by atoms with E-state index in [-0.39, 0.29) is 24.1 Å². The van der Waals surface area contributed by atoms with Gasteiger partial charge in [-0.05, 0) is 26.0 Å². The maximum absolute atomic E-state index is 12.4. The van der Waals surface area contributed by atoms with E-state index in [0.717, 1.165) is 15.2 Å². The van der Waals surface area contributed by atoms with Crippen LogP contribution >= 0.6 is 11.3 Å². The van der Waals surface area contributed by atoms with Crippen LogP contribution in [0.2, 0.25) is 0 Å². The molecule has 142 valence electrons. The molecule has 0 saturated heterocycles. The lowest BCUT2D eigenvalue weighted by molar-refractivity contribution is -0.124. The van der Waals surface area contributed by atoms with Crippen molar-refractivity contribution in [3.05, 3.63) is 41.1 Å². The van der Waals surface area contributed by atoms with Crippen molar-refractivity contribution >= 4 is 33.4 Å². The molecular formula is C18H20N4O4S. The topological polar surface area (TPSA) is 97.6 Å². The Bertz CT molecular complexity index is 981. The summed E-state index contributed by atoms with van der Waals surface area (Å²) in [6.07, 6.45) is 1.26. The molecule has 1 N–H and O–H groups in total. The summed E-state index contributed by atoms with van der Waals surface area (Å²) < 4.78 is 12.1. The quantitative estimate of drug-likeness (QED) is 0.696. The summed E-state index contributed by atoms with van der Waals surface area (Å²) >= 11 is 1.62. The third-order valence-corrected chi connectivity index (χ3v) is 5.08. The Morgan fingerprint density at radius 2 is 2.15 bits per heavy atom. The van der Waals surface area contributed by atoms with E-state index in [2.05, 4.69) is 15.3 Å². The first-order valence-electron chi connectivity index (χ1n) is 8.32. The van der Waals surface area contributed by atoms with Crippen LogP contribution in [0.3, 0.4) is 0 Å². The Hall–Kier alpha value is -2.94. The highest BCUT2D eigenvalue weighted by molar-refractivity contribution is 7.18. The van der Waals surface area contributed by atoms with Crippen LogP contribution in [0.4, 0.5) is 0 Å². The molecule has 0 aliphatic heterocycles. The number of benzene rings is 1. The van der Waals surface area contributed by atoms with Crippen LogP contribution < -0.4 is 10.1 Å². The molecule has 0 aliphatic carbocycles. The van der Waals surface area contributed by atoms with Gasteiger partial charge in [0.15, 0.2) is 12.3 Å². The standard InChI is InChI=1S/C18H20N4O4S/c1-10(17(23)19-3)22(4)18(24)14-8-26-16(21-14)9-25-12-5-6-15-13(7-12)20-11(2)27-15/h5-8,10H,9H2,1-4H3,(H,19,23). The van der Waals surface area contributed by atoms with Gasteiger partial charge in [-0.3, -0.25) is 9.59 Å². The van der Waals surface area contributed by atoms with Crippen molar-refractivity contribution in [2.45, 2.75) is 26.5 Å². The van der Waals surface area contributed by atoms with Gasteiger partial charge >= 0.3 is 0 Å². The fourth-order valence-corrected chi connectivity index (χ4v) is 3.28. The number of oxazole rings is 1. The number of fused-ring (bicyclic) bond motifs is 1. The number of aryl methyl sites for hydroxylation is 1. The van der Waals surface area contributed by atoms with E-state index >= 15 is 0 Å². The lowest BCUT2D eigenvalue weighted by Gasteiger charge is -2.22. The van der Waals surface area contributed by atoms with Crippen molar-refractivity contribution in [1.82, 2.24) is 20.2 Å². The summed E-state index contributed by atoms with van der Waals surface area (Å²) in [5.41, 5.74) is 1.00. The summed E-state index contributed by atoms with van der Waals surface area (Å²) in [7, 11) is 3.06. The molecule has 2 heterocycles. The molecule has 3 rings (SSSR count). The van der Waals surface area contributed by atoms with Crippen LogP contribution in [0.15, 0.2) is 28.9 Å². The van der Waals surface area contributed by atoms with Gasteiger partial charge in [0.05, 0.1) is 15.2 Å². The van der Waals surface area contributed by atoms with E-state index in [1.807, 2.05) is 25.1 Å². The van der Waals surface area contributed by atoms with Gasteiger partial charge in [0.1, 0.15) is 18.1 Å². The van der Waals surface area contributed by atoms with Crippen LogP contribution in [-0.4, -0.2) is 46.8 Å². The zero-order chi connectivity index (χ0) is 19.6. The number of amides is 2. The highest BCUT2D eigenvalue weighted by Crippen LogP contribution is 2.26. The van der Waals surface area contributed by atoms with Crippen LogP contribution in [0.25, 0.3) is 10.2 Å². The van der Waals surface area contributed by atoms with Crippen molar-refractivity contribution < 1.29 is 18.7 Å². The Labute approximate surface area is 160 Å². The van der Waals surface area contributed by atoms with Gasteiger partial charge in [0.2, 0.25) is 11.8 Å². The van der Waals surface area contributed by atoms with Gasteiger partial charge < -0.3 is 19.4 Å². The molecule has 0 radical (unpaired) electrons. The first-order valence-corrected chi connectivity index (χ1v) is 9.14. The Morgan fingerprint density at radius 1 is 1.37 bits per heavy atom. The highest BCUT2D eigenvalue weighted by atomic mass is 32.1. The third kappa shape index (κ3) is 4.08. The summed E-state index contributed by atoms with van der Waals surface area (Å²) in [6, 6.07) is 5.04. The zero-order valence-electron chi connectivity index (χ0n) is 15.5. The minimum atomic E-state index is -0.618. The number of rotatable bonds is 6. The molecule has 0 fully saturated rings. The second kappa shape index (κ2) is 7.75. The largest absolute Gasteiger partial charge is 0.484 e. The molecule has 9 heteroatoms. The Balaban J connectivity index is 1.64. The number of aromatic nitrogens is 2. The molecular weight excluding hydrogens is 368 g/mol. The first-order chi connectivity index (χ1) is 12.9. The summed E-state index contributed by atoms with van der Waals surface area (Å²) in [6.45, 7) is 3.67. The smallest absolute Gasteiger partial charge is 0.276 e. The summed E-state index contributed by atoms with van der Waals surface area (Å²) in [5.74, 6) is 0.254. The SMILES string of the molecule is CNC(=O)C(C)N(C)C(=O)c1coc(COc2ccc3sc(C)nc3c2)n1. The molecule has 2 amide bonds. The number of nitrogens with zero attached hydrogens (tertiary/aromatic N) is 3. The molecule has 3 aromatic rings. The molecule has 1 aromatic carbocycles. The number of likely N-dealkylation sites (N-methyl/N-ethyl adjacent to an activating group) is 2. The summed E-state index contributed by atoms with van der Waals surface area (Å²) in [5, 5.41) is 3.50. The number of carbonyl (C=O) groups excluding carboxylic acids is 2. The molecule has 0 aliphatic rings. The van der Waals surface area contributed by atoms with Crippen LogP contribution in [0.5, 0.6) is 5.75 Å². The van der Waals surface area contributed by atoms with Gasteiger partial charge in [-0.15, -0.1) is 11.3 Å². The second-order valence-corrected chi connectivity index (χ2v) is 7.22. The van der Waals surface area contributed by atoms with Gasteiger partial charge in [-0.1, -0.05) is 0 Å². The highest BCUT2D eigenvalue weighted by Gasteiger charge is 2.24. The minimum absolute atomic E-state index is 0.0800.